The summed E-state index contributed by atoms with van der Waals surface area (Å²) in [5, 5.41) is 6.47. The van der Waals surface area contributed by atoms with Crippen molar-refractivity contribution >= 4 is 5.96 Å². The second-order valence-electron chi connectivity index (χ2n) is 3.46. The lowest BCUT2D eigenvalue weighted by Gasteiger charge is -2.09. The predicted molar refractivity (Wildman–Crippen MR) is 52.3 cm³/mol. The fourth-order valence-electron chi connectivity index (χ4n) is 1.30. The van der Waals surface area contributed by atoms with Crippen LogP contribution in [-0.4, -0.2) is 26.1 Å². The second kappa shape index (κ2) is 4.33. The summed E-state index contributed by atoms with van der Waals surface area (Å²) in [5.41, 5.74) is 0. The van der Waals surface area contributed by atoms with E-state index in [0.29, 0.717) is 0 Å². The van der Waals surface area contributed by atoms with Crippen molar-refractivity contribution in [2.24, 2.45) is 16.8 Å². The van der Waals surface area contributed by atoms with E-state index in [4.69, 9.17) is 0 Å². The van der Waals surface area contributed by atoms with Crippen molar-refractivity contribution in [3.63, 3.8) is 0 Å². The standard InChI is InChI=1S/C9H19N3/c1-4-11-9(10-3)12-6-8-5-7(8)2/h7-8H,4-6H2,1-3H3,(H2,10,11,12). The average Bonchev–Trinajstić information content (AvgIpc) is 2.76. The number of hydrogen-bond acceptors (Lipinski definition) is 1. The molecule has 0 radical (unpaired) electrons. The maximum Gasteiger partial charge on any atom is 0.190 e. The molecule has 0 aromatic rings. The third kappa shape index (κ3) is 2.72. The highest BCUT2D eigenvalue weighted by atomic mass is 15.2. The highest BCUT2D eigenvalue weighted by molar-refractivity contribution is 5.79. The first-order valence-corrected chi connectivity index (χ1v) is 4.72. The maximum atomic E-state index is 4.10. The van der Waals surface area contributed by atoms with Crippen molar-refractivity contribution < 1.29 is 0 Å². The largest absolute Gasteiger partial charge is 0.357 e. The van der Waals surface area contributed by atoms with Crippen LogP contribution in [0, 0.1) is 11.8 Å². The Balaban J connectivity index is 2.11. The highest BCUT2D eigenvalue weighted by Gasteiger charge is 2.31. The van der Waals surface area contributed by atoms with Crippen molar-refractivity contribution in [3.05, 3.63) is 0 Å². The molecule has 0 amide bonds. The molecular formula is C9H19N3. The van der Waals surface area contributed by atoms with E-state index in [9.17, 15) is 0 Å². The number of hydrogen-bond donors (Lipinski definition) is 2. The number of guanidine groups is 1. The summed E-state index contributed by atoms with van der Waals surface area (Å²) in [6.07, 6.45) is 1.37. The Bertz CT molecular complexity index is 165. The molecule has 2 atom stereocenters. The van der Waals surface area contributed by atoms with E-state index in [1.165, 1.54) is 6.42 Å². The molecule has 1 aliphatic rings. The summed E-state index contributed by atoms with van der Waals surface area (Å²) in [5.74, 6) is 2.72. The highest BCUT2D eigenvalue weighted by Crippen LogP contribution is 2.36. The van der Waals surface area contributed by atoms with Crippen molar-refractivity contribution in [2.75, 3.05) is 20.1 Å². The van der Waals surface area contributed by atoms with Gasteiger partial charge < -0.3 is 10.6 Å². The third-order valence-corrected chi connectivity index (χ3v) is 2.38. The van der Waals surface area contributed by atoms with Crippen molar-refractivity contribution in [3.8, 4) is 0 Å². The normalized spacial score (nSPS) is 28.4. The number of aliphatic imine (C=N–C) groups is 1. The van der Waals surface area contributed by atoms with Gasteiger partial charge >= 0.3 is 0 Å². The van der Waals surface area contributed by atoms with E-state index in [1.807, 2.05) is 0 Å². The quantitative estimate of drug-likeness (QED) is 0.485. The zero-order valence-electron chi connectivity index (χ0n) is 8.22. The van der Waals surface area contributed by atoms with E-state index in [0.717, 1.165) is 30.9 Å². The van der Waals surface area contributed by atoms with Crippen LogP contribution >= 0.6 is 0 Å². The van der Waals surface area contributed by atoms with Crippen molar-refractivity contribution in [1.29, 1.82) is 0 Å². The minimum absolute atomic E-state index is 0.875. The summed E-state index contributed by atoms with van der Waals surface area (Å²) in [6.45, 7) is 6.37. The van der Waals surface area contributed by atoms with Crippen LogP contribution in [0.5, 0.6) is 0 Å². The second-order valence-corrected chi connectivity index (χ2v) is 3.46. The Morgan fingerprint density at radius 3 is 2.58 bits per heavy atom. The predicted octanol–water partition coefficient (Wildman–Crippen LogP) is 0.827. The van der Waals surface area contributed by atoms with Gasteiger partial charge in [-0.3, -0.25) is 4.99 Å². The first-order valence-electron chi connectivity index (χ1n) is 4.72. The van der Waals surface area contributed by atoms with Crippen LogP contribution in [0.4, 0.5) is 0 Å². The summed E-state index contributed by atoms with van der Waals surface area (Å²) in [4.78, 5) is 4.10. The lowest BCUT2D eigenvalue weighted by molar-refractivity contribution is 0.696. The maximum absolute atomic E-state index is 4.10. The van der Waals surface area contributed by atoms with Gasteiger partial charge in [0.25, 0.3) is 0 Å². The molecule has 0 spiro atoms. The minimum Gasteiger partial charge on any atom is -0.357 e. The molecule has 1 fully saturated rings. The van der Waals surface area contributed by atoms with Gasteiger partial charge in [0.05, 0.1) is 0 Å². The fourth-order valence-corrected chi connectivity index (χ4v) is 1.30. The Morgan fingerprint density at radius 2 is 2.17 bits per heavy atom. The average molecular weight is 169 g/mol. The van der Waals surface area contributed by atoms with Gasteiger partial charge in [0.2, 0.25) is 0 Å². The lowest BCUT2D eigenvalue weighted by Crippen LogP contribution is -2.38. The smallest absolute Gasteiger partial charge is 0.190 e. The van der Waals surface area contributed by atoms with E-state index >= 15 is 0 Å². The van der Waals surface area contributed by atoms with Crippen LogP contribution in [0.2, 0.25) is 0 Å². The van der Waals surface area contributed by atoms with Crippen LogP contribution in [0.1, 0.15) is 20.3 Å². The van der Waals surface area contributed by atoms with Gasteiger partial charge in [-0.25, -0.2) is 0 Å². The molecule has 70 valence electrons. The van der Waals surface area contributed by atoms with Gasteiger partial charge in [0.15, 0.2) is 5.96 Å². The molecule has 0 bridgehead atoms. The molecule has 1 rings (SSSR count). The Morgan fingerprint density at radius 1 is 1.50 bits per heavy atom. The molecule has 0 aromatic heterocycles. The minimum atomic E-state index is 0.875. The van der Waals surface area contributed by atoms with Gasteiger partial charge in [0, 0.05) is 20.1 Å². The van der Waals surface area contributed by atoms with Gasteiger partial charge in [0.1, 0.15) is 0 Å². The number of nitrogens with one attached hydrogen (secondary N) is 2. The van der Waals surface area contributed by atoms with Crippen LogP contribution in [0.15, 0.2) is 4.99 Å². The van der Waals surface area contributed by atoms with Crippen LogP contribution < -0.4 is 10.6 Å². The molecule has 0 aliphatic heterocycles. The first kappa shape index (κ1) is 9.36. The molecule has 12 heavy (non-hydrogen) atoms. The molecule has 1 aliphatic carbocycles. The van der Waals surface area contributed by atoms with Crippen molar-refractivity contribution in [2.45, 2.75) is 20.3 Å². The van der Waals surface area contributed by atoms with Crippen LogP contribution in [-0.2, 0) is 0 Å². The molecule has 0 aromatic carbocycles. The summed E-state index contributed by atoms with van der Waals surface area (Å²) >= 11 is 0. The third-order valence-electron chi connectivity index (χ3n) is 2.38. The lowest BCUT2D eigenvalue weighted by atomic mass is 10.3. The first-order chi connectivity index (χ1) is 5.77. The molecule has 0 heterocycles. The van der Waals surface area contributed by atoms with E-state index in [-0.39, 0.29) is 0 Å². The zero-order chi connectivity index (χ0) is 8.97. The van der Waals surface area contributed by atoms with Gasteiger partial charge in [-0.1, -0.05) is 6.92 Å². The van der Waals surface area contributed by atoms with Gasteiger partial charge in [-0.2, -0.15) is 0 Å². The molecule has 3 heteroatoms. The molecule has 1 saturated carbocycles. The van der Waals surface area contributed by atoms with Gasteiger partial charge in [-0.05, 0) is 25.2 Å². The van der Waals surface area contributed by atoms with E-state index < -0.39 is 0 Å². The number of nitrogens with zero attached hydrogens (tertiary/aromatic N) is 1. The topological polar surface area (TPSA) is 36.4 Å². The molecule has 2 N–H and O–H groups in total. The molecule has 2 unspecified atom stereocenters. The van der Waals surface area contributed by atoms with Crippen LogP contribution in [0.25, 0.3) is 0 Å². The Labute approximate surface area is 74.6 Å². The van der Waals surface area contributed by atoms with Crippen molar-refractivity contribution in [1.82, 2.24) is 10.6 Å². The van der Waals surface area contributed by atoms with E-state index in [2.05, 4.69) is 29.5 Å². The zero-order valence-corrected chi connectivity index (χ0v) is 8.22. The monoisotopic (exact) mass is 169 g/mol. The Hall–Kier alpha value is -0.730. The van der Waals surface area contributed by atoms with Gasteiger partial charge in [-0.15, -0.1) is 0 Å². The summed E-state index contributed by atoms with van der Waals surface area (Å²) < 4.78 is 0. The SMILES string of the molecule is CCNC(=NC)NCC1CC1C. The molecular weight excluding hydrogens is 150 g/mol. The fraction of sp³-hybridized carbons (Fsp3) is 0.889. The number of rotatable bonds is 3. The van der Waals surface area contributed by atoms with E-state index in [1.54, 1.807) is 7.05 Å². The summed E-state index contributed by atoms with van der Waals surface area (Å²) in [7, 11) is 1.81. The molecule has 3 nitrogen and oxygen atoms in total. The Kier molecular flexibility index (Phi) is 3.38. The van der Waals surface area contributed by atoms with Crippen LogP contribution in [0.3, 0.4) is 0 Å². The molecule has 0 saturated heterocycles. The summed E-state index contributed by atoms with van der Waals surface area (Å²) in [6, 6.07) is 0.